The van der Waals surface area contributed by atoms with Crippen LogP contribution in [0.5, 0.6) is 0 Å². The number of nitrogen functional groups attached to an aromatic ring is 2. The Balaban J connectivity index is 2.12. The summed E-state index contributed by atoms with van der Waals surface area (Å²) in [5.41, 5.74) is 11.1. The zero-order valence-corrected chi connectivity index (χ0v) is 10.7. The SMILES string of the molecule is Cn1c(CSc2nc(N)cc(N)n2)n[nH]c1=S. The van der Waals surface area contributed by atoms with Crippen LogP contribution in [0, 0.1) is 4.77 Å². The van der Waals surface area contributed by atoms with Crippen LogP contribution in [0.2, 0.25) is 0 Å². The summed E-state index contributed by atoms with van der Waals surface area (Å²) >= 11 is 6.41. The van der Waals surface area contributed by atoms with E-state index in [-0.39, 0.29) is 0 Å². The largest absolute Gasteiger partial charge is 0.383 e. The summed E-state index contributed by atoms with van der Waals surface area (Å²) in [4.78, 5) is 8.12. The molecule has 0 atom stereocenters. The van der Waals surface area contributed by atoms with E-state index in [0.717, 1.165) is 5.82 Å². The number of rotatable bonds is 3. The number of H-pyrrole nitrogens is 1. The van der Waals surface area contributed by atoms with Crippen LogP contribution in [0.1, 0.15) is 5.82 Å². The molecule has 0 fully saturated rings. The van der Waals surface area contributed by atoms with E-state index in [9.17, 15) is 0 Å². The lowest BCUT2D eigenvalue weighted by molar-refractivity contribution is 0.837. The van der Waals surface area contributed by atoms with Gasteiger partial charge in [0.25, 0.3) is 0 Å². The number of aromatic amines is 1. The van der Waals surface area contributed by atoms with Gasteiger partial charge in [0, 0.05) is 13.1 Å². The number of anilines is 2. The Bertz CT molecular complexity index is 568. The Hall–Kier alpha value is -1.61. The third-order valence-corrected chi connectivity index (χ3v) is 3.26. The molecule has 5 N–H and O–H groups in total. The average molecular weight is 269 g/mol. The fourth-order valence-corrected chi connectivity index (χ4v) is 2.17. The highest BCUT2D eigenvalue weighted by Gasteiger charge is 2.06. The highest BCUT2D eigenvalue weighted by atomic mass is 32.2. The molecule has 0 spiro atoms. The molecule has 0 aromatic carbocycles. The van der Waals surface area contributed by atoms with Crippen molar-refractivity contribution in [3.05, 3.63) is 16.7 Å². The Morgan fingerprint density at radius 1 is 1.41 bits per heavy atom. The van der Waals surface area contributed by atoms with Gasteiger partial charge in [-0.1, -0.05) is 11.8 Å². The van der Waals surface area contributed by atoms with E-state index in [4.69, 9.17) is 23.7 Å². The van der Waals surface area contributed by atoms with Crippen molar-refractivity contribution in [2.45, 2.75) is 10.9 Å². The second-order valence-corrected chi connectivity index (χ2v) is 4.62. The zero-order valence-electron chi connectivity index (χ0n) is 9.04. The molecule has 2 rings (SSSR count). The first-order chi connectivity index (χ1) is 8.06. The molecule has 2 aromatic rings. The minimum atomic E-state index is 0.357. The summed E-state index contributed by atoms with van der Waals surface area (Å²) in [5, 5.41) is 7.31. The fourth-order valence-electron chi connectivity index (χ4n) is 1.16. The topological polar surface area (TPSA) is 111 Å². The molecule has 0 saturated heterocycles. The van der Waals surface area contributed by atoms with Crippen molar-refractivity contribution in [1.82, 2.24) is 24.7 Å². The molecule has 0 unspecified atom stereocenters. The highest BCUT2D eigenvalue weighted by molar-refractivity contribution is 7.98. The minimum absolute atomic E-state index is 0.357. The molecule has 9 heteroatoms. The maximum absolute atomic E-state index is 5.57. The predicted octanol–water partition coefficient (Wildman–Crippen LogP) is 0.724. The quantitative estimate of drug-likeness (QED) is 0.427. The van der Waals surface area contributed by atoms with Gasteiger partial charge in [0.05, 0.1) is 5.75 Å². The lowest BCUT2D eigenvalue weighted by Gasteiger charge is -2.02. The summed E-state index contributed by atoms with van der Waals surface area (Å²) < 4.78 is 2.37. The third-order valence-electron chi connectivity index (χ3n) is 2.05. The van der Waals surface area contributed by atoms with Crippen LogP contribution in [0.25, 0.3) is 0 Å². The van der Waals surface area contributed by atoms with Crippen LogP contribution in [0.3, 0.4) is 0 Å². The van der Waals surface area contributed by atoms with Crippen molar-refractivity contribution >= 4 is 35.6 Å². The molecule has 17 heavy (non-hydrogen) atoms. The molecule has 0 amide bonds. The number of thioether (sulfide) groups is 1. The Morgan fingerprint density at radius 3 is 2.59 bits per heavy atom. The summed E-state index contributed by atoms with van der Waals surface area (Å²) in [6.45, 7) is 0. The monoisotopic (exact) mass is 269 g/mol. The van der Waals surface area contributed by atoms with Gasteiger partial charge in [-0.05, 0) is 12.2 Å². The van der Waals surface area contributed by atoms with Crippen LogP contribution in [0.4, 0.5) is 11.6 Å². The van der Waals surface area contributed by atoms with Crippen LogP contribution < -0.4 is 11.5 Å². The normalized spacial score (nSPS) is 10.6. The van der Waals surface area contributed by atoms with Gasteiger partial charge >= 0.3 is 0 Å². The van der Waals surface area contributed by atoms with E-state index >= 15 is 0 Å². The van der Waals surface area contributed by atoms with E-state index in [0.29, 0.717) is 27.3 Å². The number of nitrogens with one attached hydrogen (secondary N) is 1. The summed E-state index contributed by atoms with van der Waals surface area (Å²) in [5.74, 6) is 2.11. The Labute approximate surface area is 107 Å². The molecule has 7 nitrogen and oxygen atoms in total. The van der Waals surface area contributed by atoms with Gasteiger partial charge in [-0.3, -0.25) is 5.10 Å². The van der Waals surface area contributed by atoms with Crippen LogP contribution in [0.15, 0.2) is 11.2 Å². The Kier molecular flexibility index (Phi) is 3.29. The van der Waals surface area contributed by atoms with Crippen molar-refractivity contribution in [2.24, 2.45) is 7.05 Å². The molecule has 90 valence electrons. The van der Waals surface area contributed by atoms with E-state index in [2.05, 4.69) is 20.2 Å². The molecule has 0 aliphatic carbocycles. The van der Waals surface area contributed by atoms with Crippen molar-refractivity contribution < 1.29 is 0 Å². The van der Waals surface area contributed by atoms with Crippen molar-refractivity contribution in [2.75, 3.05) is 11.5 Å². The number of hydrogen-bond donors (Lipinski definition) is 3. The zero-order chi connectivity index (χ0) is 12.4. The van der Waals surface area contributed by atoms with E-state index < -0.39 is 0 Å². The van der Waals surface area contributed by atoms with Crippen molar-refractivity contribution in [3.63, 3.8) is 0 Å². The van der Waals surface area contributed by atoms with Crippen LogP contribution in [-0.4, -0.2) is 24.7 Å². The van der Waals surface area contributed by atoms with Gasteiger partial charge in [-0.2, -0.15) is 5.10 Å². The lowest BCUT2D eigenvalue weighted by atomic mass is 10.5. The maximum Gasteiger partial charge on any atom is 0.194 e. The van der Waals surface area contributed by atoms with Crippen molar-refractivity contribution in [1.29, 1.82) is 0 Å². The Morgan fingerprint density at radius 2 is 2.06 bits per heavy atom. The van der Waals surface area contributed by atoms with E-state index in [1.165, 1.54) is 17.8 Å². The first kappa shape index (κ1) is 11.9. The lowest BCUT2D eigenvalue weighted by Crippen LogP contribution is -2.00. The van der Waals surface area contributed by atoms with E-state index in [1.54, 1.807) is 4.57 Å². The first-order valence-corrected chi connectivity index (χ1v) is 6.09. The van der Waals surface area contributed by atoms with Gasteiger partial charge in [-0.25, -0.2) is 9.97 Å². The summed E-state index contributed by atoms with van der Waals surface area (Å²) in [7, 11) is 1.84. The minimum Gasteiger partial charge on any atom is -0.383 e. The number of hydrogen-bond acceptors (Lipinski definition) is 7. The van der Waals surface area contributed by atoms with Gasteiger partial charge in [-0.15, -0.1) is 0 Å². The second kappa shape index (κ2) is 4.72. The maximum atomic E-state index is 5.57. The summed E-state index contributed by atoms with van der Waals surface area (Å²) in [6, 6.07) is 1.51. The van der Waals surface area contributed by atoms with Crippen molar-refractivity contribution in [3.8, 4) is 0 Å². The molecular formula is C8H11N7S2. The summed E-state index contributed by atoms with van der Waals surface area (Å²) in [6.07, 6.45) is 0. The second-order valence-electron chi connectivity index (χ2n) is 3.29. The van der Waals surface area contributed by atoms with Gasteiger partial charge in [0.2, 0.25) is 0 Å². The average Bonchev–Trinajstić information content (AvgIpc) is 2.56. The molecule has 2 aromatic heterocycles. The van der Waals surface area contributed by atoms with Crippen LogP contribution in [-0.2, 0) is 12.8 Å². The predicted molar refractivity (Wildman–Crippen MR) is 68.8 cm³/mol. The van der Waals surface area contributed by atoms with Crippen LogP contribution >= 0.6 is 24.0 Å². The molecule has 0 aliphatic heterocycles. The molecule has 0 aliphatic rings. The first-order valence-electron chi connectivity index (χ1n) is 4.69. The van der Waals surface area contributed by atoms with Gasteiger partial charge in [0.15, 0.2) is 9.93 Å². The molecule has 2 heterocycles. The van der Waals surface area contributed by atoms with Gasteiger partial charge < -0.3 is 16.0 Å². The molecule has 0 saturated carbocycles. The standard InChI is InChI=1S/C8H11N7S2/c1-15-6(13-14-8(15)16)3-17-7-11-4(9)2-5(10)12-7/h2H,3H2,1H3,(H,14,16)(H4,9,10,11,12). The third kappa shape index (κ3) is 2.74. The van der Waals surface area contributed by atoms with E-state index in [1.807, 2.05) is 7.05 Å². The molecule has 0 radical (unpaired) electrons. The molecular weight excluding hydrogens is 258 g/mol. The molecule has 0 bridgehead atoms. The fraction of sp³-hybridized carbons (Fsp3) is 0.250. The smallest absolute Gasteiger partial charge is 0.194 e. The number of nitrogens with two attached hydrogens (primary N) is 2. The number of nitrogens with zero attached hydrogens (tertiary/aromatic N) is 4. The van der Waals surface area contributed by atoms with Gasteiger partial charge in [0.1, 0.15) is 17.5 Å². The highest BCUT2D eigenvalue weighted by Crippen LogP contribution is 2.19. The number of aromatic nitrogens is 5.